The van der Waals surface area contributed by atoms with Crippen LogP contribution in [0.5, 0.6) is 5.75 Å². The number of carbonyl (C=O) groups is 4. The molecule has 2 atom stereocenters. The molecule has 0 heterocycles. The second-order valence-electron chi connectivity index (χ2n) is 9.27. The zero-order valence-electron chi connectivity index (χ0n) is 21.8. The molecule has 2 rings (SSSR count). The monoisotopic (exact) mass is 513 g/mol. The lowest BCUT2D eigenvalue weighted by Crippen LogP contribution is -2.54. The molecule has 0 bridgehead atoms. The van der Waals surface area contributed by atoms with E-state index in [4.69, 9.17) is 4.74 Å². The summed E-state index contributed by atoms with van der Waals surface area (Å²) in [6, 6.07) is 12.8. The Hall–Kier alpha value is -4.08. The number of methoxy groups -OCH3 is 1. The van der Waals surface area contributed by atoms with Gasteiger partial charge in [-0.15, -0.1) is 0 Å². The van der Waals surface area contributed by atoms with Crippen molar-refractivity contribution in [2.24, 2.45) is 0 Å². The van der Waals surface area contributed by atoms with Gasteiger partial charge in [0, 0.05) is 18.5 Å². The van der Waals surface area contributed by atoms with Crippen LogP contribution in [0.25, 0.3) is 0 Å². The molecular formula is C27H35N3O7. The van der Waals surface area contributed by atoms with Gasteiger partial charge in [0.2, 0.25) is 11.8 Å². The summed E-state index contributed by atoms with van der Waals surface area (Å²) in [4.78, 5) is 52.7. The van der Waals surface area contributed by atoms with Crippen molar-refractivity contribution < 1.29 is 33.8 Å². The lowest BCUT2D eigenvalue weighted by molar-refractivity contribution is -0.144. The van der Waals surface area contributed by atoms with Gasteiger partial charge in [0.1, 0.15) is 30.0 Å². The number of carbonyl (C=O) groups excluding carboxylic acids is 4. The number of hydrogen-bond donors (Lipinski definition) is 3. The lowest BCUT2D eigenvalue weighted by atomic mass is 9.99. The molecule has 0 aliphatic rings. The molecule has 0 saturated heterocycles. The SMILES string of the molecule is CCN(C(=O)C(Cc1ccccc1)NC(=O)OC(C)(C)C)C(C(=O)NCC(=O)OC)c1ccccc1O. The Bertz CT molecular complexity index is 1080. The number of phenolic OH excluding ortho intramolecular Hbond substituents is 1. The number of likely N-dealkylation sites (N-methyl/N-ethyl adjacent to an activating group) is 1. The molecule has 0 saturated carbocycles. The molecule has 10 heteroatoms. The molecule has 0 spiro atoms. The van der Waals surface area contributed by atoms with Gasteiger partial charge in [-0.25, -0.2) is 4.79 Å². The van der Waals surface area contributed by atoms with E-state index in [0.29, 0.717) is 0 Å². The average Bonchev–Trinajstić information content (AvgIpc) is 2.85. The van der Waals surface area contributed by atoms with Gasteiger partial charge in [0.15, 0.2) is 0 Å². The average molecular weight is 514 g/mol. The Morgan fingerprint density at radius 3 is 2.19 bits per heavy atom. The van der Waals surface area contributed by atoms with Crippen molar-refractivity contribution in [1.29, 1.82) is 0 Å². The Labute approximate surface area is 216 Å². The number of nitrogens with zero attached hydrogens (tertiary/aromatic N) is 1. The summed E-state index contributed by atoms with van der Waals surface area (Å²) in [5, 5.41) is 15.6. The second-order valence-corrected chi connectivity index (χ2v) is 9.27. The number of hydrogen-bond acceptors (Lipinski definition) is 7. The number of amides is 3. The highest BCUT2D eigenvalue weighted by Gasteiger charge is 2.36. The van der Waals surface area contributed by atoms with Crippen molar-refractivity contribution in [2.45, 2.75) is 51.8 Å². The normalized spacial score (nSPS) is 12.6. The minimum absolute atomic E-state index is 0.0603. The highest BCUT2D eigenvalue weighted by molar-refractivity contribution is 5.93. The molecule has 0 aliphatic carbocycles. The summed E-state index contributed by atoms with van der Waals surface area (Å²) < 4.78 is 9.95. The zero-order valence-corrected chi connectivity index (χ0v) is 21.8. The van der Waals surface area contributed by atoms with Crippen LogP contribution in [0.15, 0.2) is 54.6 Å². The fourth-order valence-electron chi connectivity index (χ4n) is 3.66. The first-order chi connectivity index (χ1) is 17.5. The molecule has 0 aliphatic heterocycles. The summed E-state index contributed by atoms with van der Waals surface area (Å²) in [6.07, 6.45) is -0.653. The minimum atomic E-state index is -1.29. The number of rotatable bonds is 10. The van der Waals surface area contributed by atoms with Crippen LogP contribution in [-0.2, 0) is 30.3 Å². The molecule has 0 radical (unpaired) electrons. The number of ether oxygens (including phenoxy) is 2. The van der Waals surface area contributed by atoms with E-state index in [1.807, 2.05) is 30.3 Å². The Balaban J connectivity index is 2.46. The molecule has 3 amide bonds. The predicted molar refractivity (Wildman–Crippen MR) is 137 cm³/mol. The molecule has 200 valence electrons. The summed E-state index contributed by atoms with van der Waals surface area (Å²) >= 11 is 0. The second kappa shape index (κ2) is 13.3. The van der Waals surface area contributed by atoms with E-state index in [9.17, 15) is 24.3 Å². The molecular weight excluding hydrogens is 478 g/mol. The quantitative estimate of drug-likeness (QED) is 0.416. The number of nitrogens with one attached hydrogen (secondary N) is 2. The summed E-state index contributed by atoms with van der Waals surface area (Å²) in [7, 11) is 1.19. The van der Waals surface area contributed by atoms with Crippen molar-refractivity contribution >= 4 is 23.9 Å². The van der Waals surface area contributed by atoms with Gasteiger partial charge in [0.25, 0.3) is 0 Å². The molecule has 3 N–H and O–H groups in total. The fraction of sp³-hybridized carbons (Fsp3) is 0.407. The Morgan fingerprint density at radius 1 is 1.00 bits per heavy atom. The third-order valence-electron chi connectivity index (χ3n) is 5.32. The zero-order chi connectivity index (χ0) is 27.6. The van der Waals surface area contributed by atoms with E-state index in [-0.39, 0.29) is 24.3 Å². The van der Waals surface area contributed by atoms with E-state index in [1.54, 1.807) is 39.8 Å². The van der Waals surface area contributed by atoms with Crippen molar-refractivity contribution in [1.82, 2.24) is 15.5 Å². The minimum Gasteiger partial charge on any atom is -0.508 e. The van der Waals surface area contributed by atoms with Crippen LogP contribution in [0.4, 0.5) is 4.79 Å². The highest BCUT2D eigenvalue weighted by Crippen LogP contribution is 2.29. The maximum Gasteiger partial charge on any atom is 0.408 e. The number of aromatic hydroxyl groups is 1. The number of phenols is 1. The number of alkyl carbamates (subject to hydrolysis) is 1. The molecule has 0 fully saturated rings. The van der Waals surface area contributed by atoms with Gasteiger partial charge in [-0.05, 0) is 39.3 Å². The van der Waals surface area contributed by atoms with Crippen molar-refractivity contribution in [3.8, 4) is 5.75 Å². The van der Waals surface area contributed by atoms with Crippen LogP contribution in [0.1, 0.15) is 44.9 Å². The first-order valence-electron chi connectivity index (χ1n) is 11.9. The van der Waals surface area contributed by atoms with Gasteiger partial charge in [-0.1, -0.05) is 48.5 Å². The standard InChI is InChI=1S/C27H35N3O7/c1-6-30(23(19-14-10-11-15-21(19)31)24(33)28-17-22(32)36-5)25(34)20(16-18-12-8-7-9-13-18)29-26(35)37-27(2,3)4/h7-15,20,23,31H,6,16-17H2,1-5H3,(H,28,33)(H,29,35). The molecule has 37 heavy (non-hydrogen) atoms. The summed E-state index contributed by atoms with van der Waals surface area (Å²) in [5.41, 5.74) is 0.152. The summed E-state index contributed by atoms with van der Waals surface area (Å²) in [6.45, 7) is 6.43. The van der Waals surface area contributed by atoms with Crippen LogP contribution in [-0.4, -0.2) is 65.7 Å². The van der Waals surface area contributed by atoms with E-state index >= 15 is 0 Å². The van der Waals surface area contributed by atoms with Crippen LogP contribution in [0.2, 0.25) is 0 Å². The predicted octanol–water partition coefficient (Wildman–Crippen LogP) is 2.71. The van der Waals surface area contributed by atoms with Crippen molar-refractivity contribution in [3.63, 3.8) is 0 Å². The smallest absolute Gasteiger partial charge is 0.408 e. The fourth-order valence-corrected chi connectivity index (χ4v) is 3.66. The Morgan fingerprint density at radius 2 is 1.62 bits per heavy atom. The lowest BCUT2D eigenvalue weighted by Gasteiger charge is -2.34. The first kappa shape index (κ1) is 29.2. The molecule has 2 unspecified atom stereocenters. The van der Waals surface area contributed by atoms with Crippen molar-refractivity contribution in [3.05, 3.63) is 65.7 Å². The van der Waals surface area contributed by atoms with E-state index in [2.05, 4.69) is 15.4 Å². The molecule has 10 nitrogen and oxygen atoms in total. The third-order valence-corrected chi connectivity index (χ3v) is 5.32. The maximum absolute atomic E-state index is 13.9. The summed E-state index contributed by atoms with van der Waals surface area (Å²) in [5.74, 6) is -2.14. The van der Waals surface area contributed by atoms with Crippen LogP contribution in [0, 0.1) is 0 Å². The van der Waals surface area contributed by atoms with Gasteiger partial charge < -0.3 is 30.1 Å². The van der Waals surface area contributed by atoms with Gasteiger partial charge in [-0.2, -0.15) is 0 Å². The third kappa shape index (κ3) is 8.82. The first-order valence-corrected chi connectivity index (χ1v) is 11.9. The van der Waals surface area contributed by atoms with Gasteiger partial charge >= 0.3 is 12.1 Å². The highest BCUT2D eigenvalue weighted by atomic mass is 16.6. The van der Waals surface area contributed by atoms with E-state index < -0.39 is 48.1 Å². The Kier molecular flexibility index (Phi) is 10.5. The van der Waals surface area contributed by atoms with E-state index in [1.165, 1.54) is 24.1 Å². The van der Waals surface area contributed by atoms with Crippen LogP contribution < -0.4 is 10.6 Å². The number of esters is 1. The van der Waals surface area contributed by atoms with E-state index in [0.717, 1.165) is 5.56 Å². The topological polar surface area (TPSA) is 134 Å². The molecule has 0 aromatic heterocycles. The maximum atomic E-state index is 13.9. The molecule has 2 aromatic carbocycles. The van der Waals surface area contributed by atoms with Crippen LogP contribution >= 0.6 is 0 Å². The van der Waals surface area contributed by atoms with Gasteiger partial charge in [0.05, 0.1) is 7.11 Å². The largest absolute Gasteiger partial charge is 0.508 e. The van der Waals surface area contributed by atoms with Crippen LogP contribution in [0.3, 0.4) is 0 Å². The van der Waals surface area contributed by atoms with Crippen molar-refractivity contribution in [2.75, 3.05) is 20.2 Å². The number of para-hydroxylation sites is 1. The number of benzene rings is 2. The molecule has 2 aromatic rings. The van der Waals surface area contributed by atoms with Gasteiger partial charge in [-0.3, -0.25) is 14.4 Å².